The molecule has 3 N–H and O–H groups in total. The van der Waals surface area contributed by atoms with Crippen LogP contribution in [0.15, 0.2) is 24.3 Å². The molecular formula is C32H47NO4. The van der Waals surface area contributed by atoms with Gasteiger partial charge in [-0.1, -0.05) is 20.8 Å². The van der Waals surface area contributed by atoms with Crippen LogP contribution in [0.5, 0.6) is 0 Å². The second-order valence-electron chi connectivity index (χ2n) is 13.7. The first-order valence-corrected chi connectivity index (χ1v) is 14.8. The second-order valence-corrected chi connectivity index (χ2v) is 13.7. The Kier molecular flexibility index (Phi) is 7.34. The molecule has 0 unspecified atom stereocenters. The van der Waals surface area contributed by atoms with E-state index in [0.717, 1.165) is 37.8 Å². The number of amides is 1. The van der Waals surface area contributed by atoms with Crippen LogP contribution in [0.1, 0.15) is 102 Å². The van der Waals surface area contributed by atoms with Gasteiger partial charge in [-0.2, -0.15) is 0 Å². The molecule has 204 valence electrons. The van der Waals surface area contributed by atoms with Gasteiger partial charge < -0.3 is 15.5 Å². The molecule has 0 aromatic heterocycles. The van der Waals surface area contributed by atoms with Gasteiger partial charge in [0.05, 0.1) is 12.2 Å². The standard InChI is InChI=1S/C32H47NO4/c1-19(5-12-29(37)33-23-8-6-21(7-9-23)20(2)34)25-10-11-26-30-27(14-16-32(25,26)4)31(3)15-13-24(35)17-22(31)18-28(30)36/h6-9,19,22,24-28,30,35-36H,5,10-18H2,1-4H3,(H,33,37)/t19-,22+,24-,25-,26+,27+,28+,30+,31+,32-/m1/s1. The first kappa shape index (κ1) is 26.9. The van der Waals surface area contributed by atoms with Crippen molar-refractivity contribution in [3.8, 4) is 0 Å². The van der Waals surface area contributed by atoms with Gasteiger partial charge in [0, 0.05) is 17.7 Å². The molecular weight excluding hydrogens is 462 g/mol. The van der Waals surface area contributed by atoms with Crippen molar-refractivity contribution in [1.29, 1.82) is 0 Å². The smallest absolute Gasteiger partial charge is 0.224 e. The van der Waals surface area contributed by atoms with E-state index in [1.807, 2.05) is 0 Å². The van der Waals surface area contributed by atoms with E-state index in [-0.39, 0.29) is 34.7 Å². The number of hydrogen-bond acceptors (Lipinski definition) is 4. The van der Waals surface area contributed by atoms with Crippen LogP contribution in [0.25, 0.3) is 0 Å². The summed E-state index contributed by atoms with van der Waals surface area (Å²) in [6.45, 7) is 8.83. The molecule has 0 radical (unpaired) electrons. The van der Waals surface area contributed by atoms with E-state index in [4.69, 9.17) is 0 Å². The Labute approximate surface area is 222 Å². The first-order valence-electron chi connectivity index (χ1n) is 14.8. The predicted octanol–water partition coefficient (Wildman–Crippen LogP) is 6.23. The molecule has 5 heteroatoms. The van der Waals surface area contributed by atoms with E-state index in [1.54, 1.807) is 31.2 Å². The zero-order valence-electron chi connectivity index (χ0n) is 23.2. The normalized spacial score (nSPS) is 41.7. The molecule has 1 aromatic carbocycles. The molecule has 1 aromatic rings. The molecule has 5 rings (SSSR count). The van der Waals surface area contributed by atoms with Crippen LogP contribution >= 0.6 is 0 Å². The monoisotopic (exact) mass is 509 g/mol. The minimum Gasteiger partial charge on any atom is -0.393 e. The quantitative estimate of drug-likeness (QED) is 0.397. The summed E-state index contributed by atoms with van der Waals surface area (Å²) in [6, 6.07) is 7.11. The number of benzene rings is 1. The van der Waals surface area contributed by atoms with E-state index in [2.05, 4.69) is 26.1 Å². The fourth-order valence-electron chi connectivity index (χ4n) is 9.75. The van der Waals surface area contributed by atoms with Crippen molar-refractivity contribution in [1.82, 2.24) is 0 Å². The third-order valence-corrected chi connectivity index (χ3v) is 11.8. The first-order chi connectivity index (χ1) is 17.5. The van der Waals surface area contributed by atoms with E-state index in [0.29, 0.717) is 47.5 Å². The third kappa shape index (κ3) is 4.80. The number of anilines is 1. The van der Waals surface area contributed by atoms with Crippen LogP contribution in [0.2, 0.25) is 0 Å². The van der Waals surface area contributed by atoms with Crippen LogP contribution in [-0.4, -0.2) is 34.1 Å². The molecule has 0 spiro atoms. The summed E-state index contributed by atoms with van der Waals surface area (Å²) in [6.07, 6.45) is 9.49. The Bertz CT molecular complexity index is 1010. The minimum atomic E-state index is -0.243. The topological polar surface area (TPSA) is 86.6 Å². The number of ketones is 1. The lowest BCUT2D eigenvalue weighted by atomic mass is 9.43. The highest BCUT2D eigenvalue weighted by atomic mass is 16.3. The van der Waals surface area contributed by atoms with Gasteiger partial charge in [-0.3, -0.25) is 9.59 Å². The molecule has 4 fully saturated rings. The Balaban J connectivity index is 1.21. The average Bonchev–Trinajstić information content (AvgIpc) is 3.21. The van der Waals surface area contributed by atoms with Crippen molar-refractivity contribution in [2.75, 3.05) is 5.32 Å². The van der Waals surface area contributed by atoms with E-state index in [9.17, 15) is 19.8 Å². The van der Waals surface area contributed by atoms with Gasteiger partial charge in [-0.15, -0.1) is 0 Å². The molecule has 0 bridgehead atoms. The summed E-state index contributed by atoms with van der Waals surface area (Å²) in [5.41, 5.74) is 1.88. The van der Waals surface area contributed by atoms with Crippen molar-refractivity contribution in [2.24, 2.45) is 46.3 Å². The van der Waals surface area contributed by atoms with Crippen molar-refractivity contribution >= 4 is 17.4 Å². The zero-order chi connectivity index (χ0) is 26.5. The maximum Gasteiger partial charge on any atom is 0.224 e. The number of hydrogen-bond donors (Lipinski definition) is 3. The molecule has 4 aliphatic rings. The number of fused-ring (bicyclic) bond motifs is 5. The molecule has 10 atom stereocenters. The summed E-state index contributed by atoms with van der Waals surface area (Å²) >= 11 is 0. The molecule has 5 nitrogen and oxygen atoms in total. The molecule has 0 aliphatic heterocycles. The number of carbonyl (C=O) groups excluding carboxylic acids is 2. The Morgan fingerprint density at radius 2 is 1.65 bits per heavy atom. The number of aliphatic hydroxyl groups is 2. The van der Waals surface area contributed by atoms with Crippen molar-refractivity contribution in [2.45, 2.75) is 104 Å². The van der Waals surface area contributed by atoms with Crippen LogP contribution in [0.3, 0.4) is 0 Å². The number of Topliss-reactive ketones (excluding diaryl/α,β-unsaturated/α-hetero) is 1. The lowest BCUT2D eigenvalue weighted by Gasteiger charge is -2.62. The maximum absolute atomic E-state index is 12.7. The van der Waals surface area contributed by atoms with Crippen molar-refractivity contribution < 1.29 is 19.8 Å². The van der Waals surface area contributed by atoms with Crippen LogP contribution in [0.4, 0.5) is 5.69 Å². The van der Waals surface area contributed by atoms with Crippen molar-refractivity contribution in [3.05, 3.63) is 29.8 Å². The molecule has 1 amide bonds. The van der Waals surface area contributed by atoms with Crippen LogP contribution in [0, 0.1) is 46.3 Å². The van der Waals surface area contributed by atoms with E-state index in [1.165, 1.54) is 25.7 Å². The SMILES string of the molecule is CC(=O)c1ccc(NC(=O)CC[C@@H](C)[C@H]2CC[C@H]3[C@@H]4[C@@H](O)C[C@@H]5C[C@H](O)CC[C@]5(C)[C@H]4CC[C@]23C)cc1. The highest BCUT2D eigenvalue weighted by Gasteiger charge is 2.62. The minimum absolute atomic E-state index is 0.0244. The Morgan fingerprint density at radius 3 is 2.35 bits per heavy atom. The summed E-state index contributed by atoms with van der Waals surface area (Å²) in [4.78, 5) is 24.2. The van der Waals surface area contributed by atoms with Crippen molar-refractivity contribution in [3.63, 3.8) is 0 Å². The fraction of sp³-hybridized carbons (Fsp3) is 0.750. The molecule has 4 saturated carbocycles. The van der Waals surface area contributed by atoms with Crippen LogP contribution < -0.4 is 5.32 Å². The number of carbonyl (C=O) groups is 2. The Hall–Kier alpha value is -1.72. The van der Waals surface area contributed by atoms with Gasteiger partial charge in [0.25, 0.3) is 0 Å². The maximum atomic E-state index is 12.7. The van der Waals surface area contributed by atoms with E-state index >= 15 is 0 Å². The molecule has 37 heavy (non-hydrogen) atoms. The van der Waals surface area contributed by atoms with E-state index < -0.39 is 0 Å². The van der Waals surface area contributed by atoms with Gasteiger partial charge in [-0.05, 0) is 135 Å². The zero-order valence-corrected chi connectivity index (χ0v) is 23.2. The van der Waals surface area contributed by atoms with Gasteiger partial charge in [0.15, 0.2) is 5.78 Å². The largest absolute Gasteiger partial charge is 0.393 e. The lowest BCUT2D eigenvalue weighted by Crippen LogP contribution is -2.58. The van der Waals surface area contributed by atoms with Gasteiger partial charge >= 0.3 is 0 Å². The summed E-state index contributed by atoms with van der Waals surface area (Å²) in [7, 11) is 0. The summed E-state index contributed by atoms with van der Waals surface area (Å²) in [5.74, 6) is 3.08. The molecule has 4 aliphatic carbocycles. The average molecular weight is 510 g/mol. The Morgan fingerprint density at radius 1 is 0.973 bits per heavy atom. The van der Waals surface area contributed by atoms with Gasteiger partial charge in [0.2, 0.25) is 5.91 Å². The van der Waals surface area contributed by atoms with Gasteiger partial charge in [-0.25, -0.2) is 0 Å². The highest BCUT2D eigenvalue weighted by molar-refractivity contribution is 5.95. The number of rotatable bonds is 6. The fourth-order valence-corrected chi connectivity index (χ4v) is 9.75. The third-order valence-electron chi connectivity index (χ3n) is 11.8. The number of nitrogens with one attached hydrogen (secondary N) is 1. The second kappa shape index (κ2) is 10.1. The predicted molar refractivity (Wildman–Crippen MR) is 146 cm³/mol. The lowest BCUT2D eigenvalue weighted by molar-refractivity contribution is -0.174. The highest BCUT2D eigenvalue weighted by Crippen LogP contribution is 2.68. The summed E-state index contributed by atoms with van der Waals surface area (Å²) in [5, 5.41) is 24.7. The molecule has 0 saturated heterocycles. The van der Waals surface area contributed by atoms with Crippen LogP contribution in [-0.2, 0) is 4.79 Å². The number of aliphatic hydroxyl groups excluding tert-OH is 2. The summed E-state index contributed by atoms with van der Waals surface area (Å²) < 4.78 is 0. The molecule has 0 heterocycles. The van der Waals surface area contributed by atoms with Gasteiger partial charge in [0.1, 0.15) is 0 Å².